The topological polar surface area (TPSA) is 106 Å². The molecule has 17 heavy (non-hydrogen) atoms. The van der Waals surface area contributed by atoms with Crippen LogP contribution in [-0.2, 0) is 14.9 Å². The van der Waals surface area contributed by atoms with Crippen LogP contribution in [0.5, 0.6) is 0 Å². The fourth-order valence-corrected chi connectivity index (χ4v) is 1.76. The molecule has 0 radical (unpaired) electrons. The molecule has 0 saturated carbocycles. The van der Waals surface area contributed by atoms with E-state index < -0.39 is 21.7 Å². The molecule has 0 atom stereocenters. The van der Waals surface area contributed by atoms with Gasteiger partial charge in [-0.05, 0) is 18.9 Å². The predicted molar refractivity (Wildman–Crippen MR) is 69.0 cm³/mol. The first-order valence-electron chi connectivity index (χ1n) is 5.60. The summed E-state index contributed by atoms with van der Waals surface area (Å²) in [5.41, 5.74) is 0. The molecular formula is C11H23NO4S. The fraction of sp³-hybridized carbons (Fsp3) is 0.727. The van der Waals surface area contributed by atoms with Crippen molar-refractivity contribution in [2.45, 2.75) is 45.4 Å². The lowest BCUT2D eigenvalue weighted by Crippen LogP contribution is -2.12. The molecule has 6 heteroatoms. The zero-order valence-corrected chi connectivity index (χ0v) is 11.2. The van der Waals surface area contributed by atoms with Crippen molar-refractivity contribution in [2.75, 3.05) is 5.75 Å². The number of ketones is 1. The second kappa shape index (κ2) is 10.4. The molecule has 0 aromatic heterocycles. The minimum absolute atomic E-state index is 0. The Morgan fingerprint density at radius 2 is 1.76 bits per heavy atom. The second-order valence-electron chi connectivity index (χ2n) is 3.80. The van der Waals surface area contributed by atoms with Crippen LogP contribution in [0.25, 0.3) is 0 Å². The molecular weight excluding hydrogens is 242 g/mol. The van der Waals surface area contributed by atoms with Gasteiger partial charge in [0.15, 0.2) is 5.78 Å². The summed E-state index contributed by atoms with van der Waals surface area (Å²) in [6.45, 7) is 2.15. The molecule has 0 amide bonds. The third-order valence-corrected chi connectivity index (χ3v) is 2.75. The molecule has 0 aliphatic heterocycles. The van der Waals surface area contributed by atoms with Crippen LogP contribution in [0.1, 0.15) is 45.4 Å². The molecule has 102 valence electrons. The third-order valence-electron chi connectivity index (χ3n) is 2.10. The van der Waals surface area contributed by atoms with Gasteiger partial charge in [0, 0.05) is 0 Å². The maximum Gasteiger partial charge on any atom is 0.272 e. The highest BCUT2D eigenvalue weighted by molar-refractivity contribution is 7.86. The molecule has 0 aliphatic rings. The molecule has 0 aromatic carbocycles. The van der Waals surface area contributed by atoms with Crippen LogP contribution >= 0.6 is 0 Å². The van der Waals surface area contributed by atoms with Crippen molar-refractivity contribution in [1.82, 2.24) is 6.15 Å². The van der Waals surface area contributed by atoms with E-state index in [1.54, 1.807) is 6.08 Å². The number of unbranched alkanes of at least 4 members (excludes halogenated alkanes) is 5. The van der Waals surface area contributed by atoms with Gasteiger partial charge < -0.3 is 6.15 Å². The zero-order chi connectivity index (χ0) is 12.4. The first-order chi connectivity index (χ1) is 7.45. The van der Waals surface area contributed by atoms with E-state index in [0.717, 1.165) is 19.3 Å². The zero-order valence-electron chi connectivity index (χ0n) is 10.4. The first-order valence-corrected chi connectivity index (χ1v) is 7.21. The summed E-state index contributed by atoms with van der Waals surface area (Å²) in [6.07, 6.45) is 9.44. The summed E-state index contributed by atoms with van der Waals surface area (Å²) in [6, 6.07) is 0. The SMILES string of the molecule is CCCCCCCC=CC(=O)CS(=O)(=O)O.N. The highest BCUT2D eigenvalue weighted by Gasteiger charge is 2.09. The summed E-state index contributed by atoms with van der Waals surface area (Å²) in [4.78, 5) is 11.0. The van der Waals surface area contributed by atoms with Crippen molar-refractivity contribution < 1.29 is 17.8 Å². The smallest absolute Gasteiger partial charge is 0.272 e. The molecule has 0 aromatic rings. The van der Waals surface area contributed by atoms with E-state index in [1.807, 2.05) is 0 Å². The average molecular weight is 265 g/mol. The van der Waals surface area contributed by atoms with Gasteiger partial charge in [0.25, 0.3) is 10.1 Å². The van der Waals surface area contributed by atoms with E-state index >= 15 is 0 Å². The van der Waals surface area contributed by atoms with Crippen LogP contribution in [0.2, 0.25) is 0 Å². The molecule has 0 saturated heterocycles. The summed E-state index contributed by atoms with van der Waals surface area (Å²) >= 11 is 0. The number of allylic oxidation sites excluding steroid dienone is 2. The van der Waals surface area contributed by atoms with Gasteiger partial charge in [-0.25, -0.2) is 0 Å². The van der Waals surface area contributed by atoms with Crippen molar-refractivity contribution in [1.29, 1.82) is 0 Å². The van der Waals surface area contributed by atoms with Crippen LogP contribution in [0, 0.1) is 0 Å². The Kier molecular flexibility index (Phi) is 11.4. The number of hydrogen-bond donors (Lipinski definition) is 2. The summed E-state index contributed by atoms with van der Waals surface area (Å²) in [7, 11) is -4.18. The predicted octanol–water partition coefficient (Wildman–Crippen LogP) is 2.52. The fourth-order valence-electron chi connectivity index (χ4n) is 1.31. The molecule has 0 fully saturated rings. The van der Waals surface area contributed by atoms with Crippen LogP contribution in [0.4, 0.5) is 0 Å². The minimum Gasteiger partial charge on any atom is -0.344 e. The quantitative estimate of drug-likeness (QED) is 0.378. The molecule has 0 bridgehead atoms. The number of rotatable bonds is 9. The lowest BCUT2D eigenvalue weighted by molar-refractivity contribution is -0.112. The number of carbonyl (C=O) groups is 1. The Balaban J connectivity index is 0. The average Bonchev–Trinajstić information content (AvgIpc) is 2.13. The van der Waals surface area contributed by atoms with Crippen molar-refractivity contribution in [3.63, 3.8) is 0 Å². The molecule has 5 nitrogen and oxygen atoms in total. The Morgan fingerprint density at radius 1 is 1.18 bits per heavy atom. The molecule has 0 unspecified atom stereocenters. The maximum absolute atomic E-state index is 11.0. The normalized spacial score (nSPS) is 11.4. The van der Waals surface area contributed by atoms with Gasteiger partial charge in [-0.1, -0.05) is 38.7 Å². The van der Waals surface area contributed by atoms with E-state index in [1.165, 1.54) is 25.3 Å². The summed E-state index contributed by atoms with van der Waals surface area (Å²) in [5.74, 6) is -1.39. The lowest BCUT2D eigenvalue weighted by atomic mass is 10.1. The van der Waals surface area contributed by atoms with E-state index in [-0.39, 0.29) is 6.15 Å². The van der Waals surface area contributed by atoms with Gasteiger partial charge in [-0.15, -0.1) is 0 Å². The first kappa shape index (κ1) is 18.6. The summed E-state index contributed by atoms with van der Waals surface area (Å²) in [5, 5.41) is 0. The Hall–Kier alpha value is -0.720. The Labute approximate surface area is 104 Å². The Bertz CT molecular complexity index is 322. The maximum atomic E-state index is 11.0. The standard InChI is InChI=1S/C11H20O4S.H3N/c1-2-3-4-5-6-7-8-9-11(12)10-16(13,14)15;/h8-9H,2-7,10H2,1H3,(H,13,14,15);1H3. The molecule has 0 spiro atoms. The van der Waals surface area contributed by atoms with Gasteiger partial charge in [0.2, 0.25) is 0 Å². The van der Waals surface area contributed by atoms with Gasteiger partial charge in [-0.2, -0.15) is 8.42 Å². The van der Waals surface area contributed by atoms with Gasteiger partial charge in [-0.3, -0.25) is 9.35 Å². The van der Waals surface area contributed by atoms with Crippen molar-refractivity contribution in [3.8, 4) is 0 Å². The highest BCUT2D eigenvalue weighted by atomic mass is 32.2. The van der Waals surface area contributed by atoms with E-state index in [2.05, 4.69) is 6.92 Å². The van der Waals surface area contributed by atoms with Crippen molar-refractivity contribution >= 4 is 15.9 Å². The van der Waals surface area contributed by atoms with Gasteiger partial charge >= 0.3 is 0 Å². The molecule has 0 rings (SSSR count). The van der Waals surface area contributed by atoms with Crippen LogP contribution in [-0.4, -0.2) is 24.5 Å². The highest BCUT2D eigenvalue weighted by Crippen LogP contribution is 2.05. The summed E-state index contributed by atoms with van der Waals surface area (Å²) < 4.78 is 29.1. The third kappa shape index (κ3) is 15.3. The van der Waals surface area contributed by atoms with E-state index in [0.29, 0.717) is 0 Å². The molecule has 4 N–H and O–H groups in total. The monoisotopic (exact) mass is 265 g/mol. The van der Waals surface area contributed by atoms with Crippen LogP contribution < -0.4 is 6.15 Å². The molecule has 0 aliphatic carbocycles. The van der Waals surface area contributed by atoms with E-state index in [9.17, 15) is 13.2 Å². The van der Waals surface area contributed by atoms with Crippen molar-refractivity contribution in [2.24, 2.45) is 0 Å². The van der Waals surface area contributed by atoms with Crippen LogP contribution in [0.15, 0.2) is 12.2 Å². The minimum atomic E-state index is -4.18. The van der Waals surface area contributed by atoms with E-state index in [4.69, 9.17) is 4.55 Å². The lowest BCUT2D eigenvalue weighted by Gasteiger charge is -1.96. The number of carbonyl (C=O) groups excluding carboxylic acids is 1. The second-order valence-corrected chi connectivity index (χ2v) is 5.25. The van der Waals surface area contributed by atoms with Gasteiger partial charge in [0.05, 0.1) is 0 Å². The largest absolute Gasteiger partial charge is 0.344 e. The molecule has 0 heterocycles. The Morgan fingerprint density at radius 3 is 2.29 bits per heavy atom. The van der Waals surface area contributed by atoms with Crippen LogP contribution in [0.3, 0.4) is 0 Å². The van der Waals surface area contributed by atoms with Gasteiger partial charge in [0.1, 0.15) is 5.75 Å². The van der Waals surface area contributed by atoms with Crippen molar-refractivity contribution in [3.05, 3.63) is 12.2 Å². The number of hydrogen-bond acceptors (Lipinski definition) is 4.